The number of thioether (sulfide) groups is 1. The molecule has 0 atom stereocenters. The minimum absolute atomic E-state index is 0.167. The molecule has 7 heteroatoms. The van der Waals surface area contributed by atoms with Crippen molar-refractivity contribution in [1.29, 1.82) is 0 Å². The lowest BCUT2D eigenvalue weighted by atomic mass is 10.3. The summed E-state index contributed by atoms with van der Waals surface area (Å²) in [5, 5.41) is 0.550. The fourth-order valence-electron chi connectivity index (χ4n) is 1.14. The van der Waals surface area contributed by atoms with Crippen LogP contribution in [0.25, 0.3) is 11.4 Å². The minimum Gasteiger partial charge on any atom is -0.368 e. The highest BCUT2D eigenvalue weighted by atomic mass is 32.2. The van der Waals surface area contributed by atoms with Gasteiger partial charge >= 0.3 is 0 Å². The van der Waals surface area contributed by atoms with Gasteiger partial charge in [0.25, 0.3) is 0 Å². The third kappa shape index (κ3) is 2.19. The summed E-state index contributed by atoms with van der Waals surface area (Å²) in [6.07, 6.45) is 3.40. The number of nitrogens with two attached hydrogens (primary N) is 1. The van der Waals surface area contributed by atoms with E-state index in [1.54, 1.807) is 12.3 Å². The molecule has 0 radical (unpaired) electrons. The van der Waals surface area contributed by atoms with Crippen molar-refractivity contribution in [3.63, 3.8) is 0 Å². The second-order valence-electron chi connectivity index (χ2n) is 2.95. The molecule has 2 heterocycles. The van der Waals surface area contributed by atoms with Gasteiger partial charge in [-0.3, -0.25) is 4.79 Å². The summed E-state index contributed by atoms with van der Waals surface area (Å²) in [6, 6.07) is 3.05. The Bertz CT molecular complexity index is 548. The Balaban J connectivity index is 2.51. The highest BCUT2D eigenvalue weighted by Crippen LogP contribution is 2.16. The van der Waals surface area contributed by atoms with Crippen molar-refractivity contribution in [3.8, 4) is 11.4 Å². The predicted octanol–water partition coefficient (Wildman–Crippen LogP) is 0.531. The van der Waals surface area contributed by atoms with Crippen molar-refractivity contribution in [1.82, 2.24) is 19.9 Å². The zero-order valence-electron chi connectivity index (χ0n) is 8.47. The van der Waals surface area contributed by atoms with Crippen molar-refractivity contribution in [2.45, 2.75) is 5.16 Å². The summed E-state index contributed by atoms with van der Waals surface area (Å²) < 4.78 is 0. The van der Waals surface area contributed by atoms with Crippen LogP contribution in [0.3, 0.4) is 0 Å². The number of anilines is 1. The van der Waals surface area contributed by atoms with E-state index in [0.29, 0.717) is 16.5 Å². The lowest BCUT2D eigenvalue weighted by Crippen LogP contribution is -2.04. The first-order valence-corrected chi connectivity index (χ1v) is 5.66. The van der Waals surface area contributed by atoms with Crippen molar-refractivity contribution in [2.75, 3.05) is 12.0 Å². The molecule has 0 aliphatic rings. The van der Waals surface area contributed by atoms with Gasteiger partial charge in [-0.15, -0.1) is 0 Å². The number of nitrogens with one attached hydrogen (secondary N) is 1. The first-order chi connectivity index (χ1) is 7.69. The Hall–Kier alpha value is -1.89. The van der Waals surface area contributed by atoms with Gasteiger partial charge in [-0.2, -0.15) is 9.97 Å². The van der Waals surface area contributed by atoms with E-state index >= 15 is 0 Å². The maximum Gasteiger partial charge on any atom is 0.247 e. The molecule has 2 aromatic heterocycles. The van der Waals surface area contributed by atoms with E-state index in [1.165, 1.54) is 17.8 Å². The molecule has 0 spiro atoms. The highest BCUT2D eigenvalue weighted by molar-refractivity contribution is 7.98. The van der Waals surface area contributed by atoms with Crippen LogP contribution in [-0.2, 0) is 0 Å². The second-order valence-corrected chi connectivity index (χ2v) is 3.72. The number of hydrogen-bond donors (Lipinski definition) is 2. The normalized spacial score (nSPS) is 10.3. The Morgan fingerprint density at radius 1 is 1.31 bits per heavy atom. The van der Waals surface area contributed by atoms with Gasteiger partial charge in [-0.1, -0.05) is 11.8 Å². The molecule has 0 saturated carbocycles. The quantitative estimate of drug-likeness (QED) is 0.737. The smallest absolute Gasteiger partial charge is 0.247 e. The van der Waals surface area contributed by atoms with Crippen LogP contribution in [0.15, 0.2) is 28.3 Å². The Morgan fingerprint density at radius 3 is 2.75 bits per heavy atom. The molecule has 0 unspecified atom stereocenters. The lowest BCUT2D eigenvalue weighted by Gasteiger charge is -2.02. The molecular formula is C9H9N5OS. The third-order valence-corrected chi connectivity index (χ3v) is 2.40. The zero-order valence-corrected chi connectivity index (χ0v) is 9.28. The SMILES string of the molecule is CSc1nc(N)nc(-c2ccc(=O)[nH]c2)n1. The summed E-state index contributed by atoms with van der Waals surface area (Å²) in [5.41, 5.74) is 6.08. The molecule has 0 aromatic carbocycles. The van der Waals surface area contributed by atoms with Crippen LogP contribution >= 0.6 is 11.8 Å². The molecule has 16 heavy (non-hydrogen) atoms. The van der Waals surface area contributed by atoms with Gasteiger partial charge < -0.3 is 10.7 Å². The number of aromatic amines is 1. The number of H-pyrrole nitrogens is 1. The van der Waals surface area contributed by atoms with Crippen molar-refractivity contribution >= 4 is 17.7 Å². The Labute approximate surface area is 95.4 Å². The van der Waals surface area contributed by atoms with E-state index in [9.17, 15) is 4.79 Å². The minimum atomic E-state index is -0.170. The summed E-state index contributed by atoms with van der Waals surface area (Å²) in [6.45, 7) is 0. The van der Waals surface area contributed by atoms with E-state index in [1.807, 2.05) is 6.26 Å². The van der Waals surface area contributed by atoms with Crippen molar-refractivity contribution < 1.29 is 0 Å². The van der Waals surface area contributed by atoms with E-state index in [4.69, 9.17) is 5.73 Å². The first kappa shape index (κ1) is 10.6. The van der Waals surface area contributed by atoms with Gasteiger partial charge in [0.1, 0.15) is 0 Å². The van der Waals surface area contributed by atoms with E-state index in [2.05, 4.69) is 19.9 Å². The number of hydrogen-bond acceptors (Lipinski definition) is 6. The van der Waals surface area contributed by atoms with E-state index < -0.39 is 0 Å². The van der Waals surface area contributed by atoms with Gasteiger partial charge in [0.15, 0.2) is 11.0 Å². The maximum atomic E-state index is 10.9. The second kappa shape index (κ2) is 4.31. The monoisotopic (exact) mass is 235 g/mol. The molecule has 0 aliphatic carbocycles. The molecule has 0 saturated heterocycles. The summed E-state index contributed by atoms with van der Waals surface area (Å²) in [5.74, 6) is 0.619. The predicted molar refractivity (Wildman–Crippen MR) is 62.1 cm³/mol. The molecule has 2 aromatic rings. The lowest BCUT2D eigenvalue weighted by molar-refractivity contribution is 0.926. The van der Waals surface area contributed by atoms with Crippen LogP contribution in [-0.4, -0.2) is 26.2 Å². The molecule has 82 valence electrons. The fraction of sp³-hybridized carbons (Fsp3) is 0.111. The molecule has 0 bridgehead atoms. The van der Waals surface area contributed by atoms with Gasteiger partial charge in [0, 0.05) is 17.8 Å². The molecule has 2 rings (SSSR count). The van der Waals surface area contributed by atoms with Gasteiger partial charge in [0.05, 0.1) is 0 Å². The average Bonchev–Trinajstić information content (AvgIpc) is 2.29. The number of nitrogens with zero attached hydrogens (tertiary/aromatic N) is 3. The molecule has 3 N–H and O–H groups in total. The van der Waals surface area contributed by atoms with Crippen LogP contribution in [0.4, 0.5) is 5.95 Å². The third-order valence-electron chi connectivity index (χ3n) is 1.86. The molecule has 0 fully saturated rings. The summed E-state index contributed by atoms with van der Waals surface area (Å²) in [7, 11) is 0. The maximum absolute atomic E-state index is 10.9. The van der Waals surface area contributed by atoms with Crippen LogP contribution < -0.4 is 11.3 Å². The number of nitrogen functional groups attached to an aromatic ring is 1. The molecular weight excluding hydrogens is 226 g/mol. The summed E-state index contributed by atoms with van der Waals surface area (Å²) in [4.78, 5) is 25.6. The Morgan fingerprint density at radius 2 is 2.12 bits per heavy atom. The first-order valence-electron chi connectivity index (χ1n) is 4.43. The fourth-order valence-corrected chi connectivity index (χ4v) is 1.50. The van der Waals surface area contributed by atoms with Crippen molar-refractivity contribution in [3.05, 3.63) is 28.7 Å². The largest absolute Gasteiger partial charge is 0.368 e. The van der Waals surface area contributed by atoms with Crippen LogP contribution in [0.2, 0.25) is 0 Å². The van der Waals surface area contributed by atoms with Crippen LogP contribution in [0, 0.1) is 0 Å². The number of aromatic nitrogens is 4. The summed E-state index contributed by atoms with van der Waals surface area (Å²) >= 11 is 1.38. The standard InChI is InChI=1S/C9H9N5OS/c1-16-9-13-7(12-8(10)14-9)5-2-3-6(15)11-4-5/h2-4H,1H3,(H,11,15)(H2,10,12,13,14). The average molecular weight is 235 g/mol. The van der Waals surface area contributed by atoms with Crippen molar-refractivity contribution in [2.24, 2.45) is 0 Å². The highest BCUT2D eigenvalue weighted by Gasteiger charge is 2.05. The van der Waals surface area contributed by atoms with Gasteiger partial charge in [-0.25, -0.2) is 4.98 Å². The zero-order chi connectivity index (χ0) is 11.5. The molecule has 6 nitrogen and oxygen atoms in total. The topological polar surface area (TPSA) is 97.5 Å². The molecule has 0 amide bonds. The van der Waals surface area contributed by atoms with Gasteiger partial charge in [0.2, 0.25) is 11.5 Å². The molecule has 0 aliphatic heterocycles. The number of rotatable bonds is 2. The van der Waals surface area contributed by atoms with Crippen LogP contribution in [0.5, 0.6) is 0 Å². The van der Waals surface area contributed by atoms with E-state index in [0.717, 1.165) is 0 Å². The van der Waals surface area contributed by atoms with Crippen LogP contribution in [0.1, 0.15) is 0 Å². The van der Waals surface area contributed by atoms with Gasteiger partial charge in [-0.05, 0) is 12.3 Å². The Kier molecular flexibility index (Phi) is 2.86. The van der Waals surface area contributed by atoms with E-state index in [-0.39, 0.29) is 11.5 Å². The number of pyridine rings is 1.